The third-order valence-corrected chi connectivity index (χ3v) is 7.15. The van der Waals surface area contributed by atoms with Gasteiger partial charge in [0.1, 0.15) is 0 Å². The lowest BCUT2D eigenvalue weighted by Crippen LogP contribution is -2.23. The van der Waals surface area contributed by atoms with Crippen molar-refractivity contribution in [1.82, 2.24) is 5.32 Å². The lowest BCUT2D eigenvalue weighted by molar-refractivity contribution is 0.0898. The van der Waals surface area contributed by atoms with E-state index < -0.39 is 0 Å². The molecule has 0 saturated carbocycles. The highest BCUT2D eigenvalue weighted by molar-refractivity contribution is 6.31. The number of carbonyl (C=O) groups excluding carboxylic acids is 3. The van der Waals surface area contributed by atoms with Crippen molar-refractivity contribution < 1.29 is 14.4 Å². The fourth-order valence-corrected chi connectivity index (χ4v) is 3.72. The Bertz CT molecular complexity index is 1240. The first-order valence-corrected chi connectivity index (χ1v) is 14.3. The van der Waals surface area contributed by atoms with Crippen molar-refractivity contribution >= 4 is 29.1 Å². The van der Waals surface area contributed by atoms with Crippen molar-refractivity contribution in [1.29, 1.82) is 0 Å². The standard InChI is InChI=1S/C19H22ClNO2.C16H24O/c1-5-15(20)10-11-16(6-2)21-19(23)17-12-14(18(22)7-3)9-8-13(17)4;1-11(2)12(3)15(17)13-7-9-14(10-8-13)16(4,5)6/h5,8-12H,1,6-7H2,2-4H3,(H,21,23);7-12H,1-6H3/b15-10+,16-11+;. The van der Waals surface area contributed by atoms with Gasteiger partial charge >= 0.3 is 0 Å². The lowest BCUT2D eigenvalue weighted by Gasteiger charge is -2.20. The van der Waals surface area contributed by atoms with Crippen LogP contribution in [0, 0.1) is 18.8 Å². The molecule has 40 heavy (non-hydrogen) atoms. The zero-order valence-electron chi connectivity index (χ0n) is 25.7. The van der Waals surface area contributed by atoms with Gasteiger partial charge in [-0.15, -0.1) is 0 Å². The van der Waals surface area contributed by atoms with Gasteiger partial charge in [-0.1, -0.05) is 116 Å². The molecular weight excluding hydrogens is 518 g/mol. The SMILES string of the molecule is C=C/C(Cl)=C\C=C(/CC)NC(=O)c1cc(C(=O)CC)ccc1C.CC(C)C(C)C(=O)c1ccc(C(C)(C)C)cc1. The number of aryl methyl sites for hydroxylation is 1. The molecule has 4 nitrogen and oxygen atoms in total. The number of hydrogen-bond acceptors (Lipinski definition) is 3. The number of Topliss-reactive ketones (excluding diaryl/α,β-unsaturated/α-hetero) is 2. The quantitative estimate of drug-likeness (QED) is 0.231. The molecule has 0 spiro atoms. The van der Waals surface area contributed by atoms with Gasteiger partial charge in [-0.25, -0.2) is 0 Å². The molecule has 0 aliphatic heterocycles. The molecule has 1 unspecified atom stereocenters. The second-order valence-corrected chi connectivity index (χ2v) is 11.7. The van der Waals surface area contributed by atoms with E-state index in [1.54, 1.807) is 37.3 Å². The summed E-state index contributed by atoms with van der Waals surface area (Å²) in [6.07, 6.45) is 6.01. The van der Waals surface area contributed by atoms with Crippen molar-refractivity contribution in [2.75, 3.05) is 0 Å². The number of nitrogens with one attached hydrogen (secondary N) is 1. The third kappa shape index (κ3) is 10.7. The van der Waals surface area contributed by atoms with Crippen LogP contribution in [0.4, 0.5) is 0 Å². The molecule has 0 fully saturated rings. The average molecular weight is 564 g/mol. The van der Waals surface area contributed by atoms with Crippen LogP contribution >= 0.6 is 11.6 Å². The number of ketones is 2. The largest absolute Gasteiger partial charge is 0.326 e. The molecule has 1 atom stereocenters. The van der Waals surface area contributed by atoms with Gasteiger partial charge in [0.15, 0.2) is 11.6 Å². The summed E-state index contributed by atoms with van der Waals surface area (Å²) in [4.78, 5) is 36.4. The fourth-order valence-electron chi connectivity index (χ4n) is 3.65. The summed E-state index contributed by atoms with van der Waals surface area (Å²) < 4.78 is 0. The van der Waals surface area contributed by atoms with Crippen LogP contribution in [0.15, 0.2) is 78.0 Å². The molecule has 0 radical (unpaired) electrons. The van der Waals surface area contributed by atoms with Crippen LogP contribution in [0.2, 0.25) is 0 Å². The predicted molar refractivity (Wildman–Crippen MR) is 169 cm³/mol. The highest BCUT2D eigenvalue weighted by Gasteiger charge is 2.19. The Hall–Kier alpha value is -3.24. The molecule has 2 rings (SSSR count). The van der Waals surface area contributed by atoms with Crippen molar-refractivity contribution in [3.63, 3.8) is 0 Å². The first kappa shape index (κ1) is 34.8. The van der Waals surface area contributed by atoms with Crippen LogP contribution in [0.3, 0.4) is 0 Å². The van der Waals surface area contributed by atoms with Crippen LogP contribution in [0.25, 0.3) is 0 Å². The molecule has 216 valence electrons. The third-order valence-electron chi connectivity index (χ3n) is 6.87. The second kappa shape index (κ2) is 16.1. The zero-order chi connectivity index (χ0) is 30.6. The molecule has 0 saturated heterocycles. The topological polar surface area (TPSA) is 63.2 Å². The van der Waals surface area contributed by atoms with Crippen LogP contribution < -0.4 is 5.32 Å². The van der Waals surface area contributed by atoms with Gasteiger partial charge in [0.05, 0.1) is 0 Å². The summed E-state index contributed by atoms with van der Waals surface area (Å²) >= 11 is 5.86. The van der Waals surface area contributed by atoms with Gasteiger partial charge in [-0.2, -0.15) is 0 Å². The number of carbonyl (C=O) groups is 3. The Morgan fingerprint density at radius 3 is 1.98 bits per heavy atom. The molecule has 0 aliphatic carbocycles. The first-order chi connectivity index (χ1) is 18.7. The Kier molecular flexibility index (Phi) is 14.0. The van der Waals surface area contributed by atoms with Gasteiger partial charge in [0.25, 0.3) is 5.91 Å². The monoisotopic (exact) mass is 563 g/mol. The average Bonchev–Trinajstić information content (AvgIpc) is 2.93. The lowest BCUT2D eigenvalue weighted by atomic mass is 9.85. The van der Waals surface area contributed by atoms with Gasteiger partial charge in [-0.3, -0.25) is 14.4 Å². The van der Waals surface area contributed by atoms with E-state index in [1.807, 2.05) is 32.9 Å². The number of rotatable bonds is 10. The Morgan fingerprint density at radius 1 is 0.925 bits per heavy atom. The summed E-state index contributed by atoms with van der Waals surface area (Å²) in [6, 6.07) is 13.3. The molecule has 2 aromatic carbocycles. The zero-order valence-corrected chi connectivity index (χ0v) is 26.4. The van der Waals surface area contributed by atoms with Gasteiger partial charge in [0, 0.05) is 39.8 Å². The maximum atomic E-state index is 12.5. The molecule has 0 aliphatic rings. The van der Waals surface area contributed by atoms with Crippen molar-refractivity contribution in [3.8, 4) is 0 Å². The first-order valence-electron chi connectivity index (χ1n) is 13.9. The van der Waals surface area contributed by atoms with E-state index in [-0.39, 0.29) is 28.8 Å². The van der Waals surface area contributed by atoms with E-state index in [4.69, 9.17) is 11.6 Å². The maximum absolute atomic E-state index is 12.5. The predicted octanol–water partition coefficient (Wildman–Crippen LogP) is 9.38. The van der Waals surface area contributed by atoms with Crippen molar-refractivity contribution in [3.05, 3.63) is 106 Å². The van der Waals surface area contributed by atoms with Crippen LogP contribution in [-0.4, -0.2) is 17.5 Å². The Labute approximate surface area is 246 Å². The van der Waals surface area contributed by atoms with E-state index in [0.29, 0.717) is 34.9 Å². The van der Waals surface area contributed by atoms with E-state index in [0.717, 1.165) is 16.8 Å². The van der Waals surface area contributed by atoms with Crippen LogP contribution in [0.1, 0.15) is 110 Å². The minimum Gasteiger partial charge on any atom is -0.326 e. The van der Waals surface area contributed by atoms with Crippen LogP contribution in [0.5, 0.6) is 0 Å². The summed E-state index contributed by atoms with van der Waals surface area (Å²) in [5.41, 5.74) is 4.87. The summed E-state index contributed by atoms with van der Waals surface area (Å²) in [5.74, 6) is 0.524. The summed E-state index contributed by atoms with van der Waals surface area (Å²) in [7, 11) is 0. The summed E-state index contributed by atoms with van der Waals surface area (Å²) in [5, 5.41) is 3.36. The number of hydrogen-bond donors (Lipinski definition) is 1. The second-order valence-electron chi connectivity index (χ2n) is 11.3. The van der Waals surface area contributed by atoms with E-state index >= 15 is 0 Å². The van der Waals surface area contributed by atoms with Crippen molar-refractivity contribution in [2.45, 2.75) is 80.6 Å². The number of benzene rings is 2. The smallest absolute Gasteiger partial charge is 0.255 e. The highest BCUT2D eigenvalue weighted by atomic mass is 35.5. The van der Waals surface area contributed by atoms with Gasteiger partial charge in [-0.05, 0) is 54.0 Å². The summed E-state index contributed by atoms with van der Waals surface area (Å²) in [6.45, 7) is 21.9. The molecule has 1 N–H and O–H groups in total. The maximum Gasteiger partial charge on any atom is 0.255 e. The minimum absolute atomic E-state index is 0.0194. The highest BCUT2D eigenvalue weighted by Crippen LogP contribution is 2.24. The van der Waals surface area contributed by atoms with E-state index in [1.165, 1.54) is 11.6 Å². The number of amides is 1. The van der Waals surface area contributed by atoms with Crippen molar-refractivity contribution in [2.24, 2.45) is 11.8 Å². The fraction of sp³-hybridized carbons (Fsp3) is 0.400. The Morgan fingerprint density at radius 2 is 1.50 bits per heavy atom. The number of halogens is 1. The minimum atomic E-state index is -0.232. The molecule has 0 heterocycles. The molecule has 0 bridgehead atoms. The molecule has 1 amide bonds. The molecule has 0 aromatic heterocycles. The Balaban J connectivity index is 0.000000418. The van der Waals surface area contributed by atoms with Crippen LogP contribution in [-0.2, 0) is 5.41 Å². The van der Waals surface area contributed by atoms with Gasteiger partial charge < -0.3 is 5.32 Å². The van der Waals surface area contributed by atoms with E-state index in [2.05, 4.69) is 58.6 Å². The van der Waals surface area contributed by atoms with Gasteiger partial charge in [0.2, 0.25) is 0 Å². The molecule has 5 heteroatoms. The molecule has 2 aromatic rings. The van der Waals surface area contributed by atoms with E-state index in [9.17, 15) is 14.4 Å². The molecular formula is C35H46ClNO3. The normalized spacial score (nSPS) is 12.8. The number of allylic oxidation sites excluding steroid dienone is 5.